The third-order valence-electron chi connectivity index (χ3n) is 3.95. The molecule has 0 saturated carbocycles. The van der Waals surface area contributed by atoms with Gasteiger partial charge in [-0.05, 0) is 25.0 Å². The maximum Gasteiger partial charge on any atom is 0.235 e. The Hall–Kier alpha value is -2.03. The predicted molar refractivity (Wildman–Crippen MR) is 88.2 cm³/mol. The average molecular weight is 349 g/mol. The van der Waals surface area contributed by atoms with Crippen LogP contribution in [0.4, 0.5) is 0 Å². The van der Waals surface area contributed by atoms with Gasteiger partial charge in [0.25, 0.3) is 0 Å². The molecule has 1 amide bonds. The summed E-state index contributed by atoms with van der Waals surface area (Å²) in [6.07, 6.45) is 5.04. The van der Waals surface area contributed by atoms with E-state index in [9.17, 15) is 10.1 Å². The number of halogens is 2. The molecule has 1 unspecified atom stereocenters. The van der Waals surface area contributed by atoms with Crippen molar-refractivity contribution >= 4 is 29.1 Å². The van der Waals surface area contributed by atoms with Gasteiger partial charge in [-0.3, -0.25) is 9.78 Å². The third-order valence-corrected chi connectivity index (χ3v) is 4.56. The number of rotatable bonds is 3. The zero-order valence-corrected chi connectivity index (χ0v) is 13.7. The van der Waals surface area contributed by atoms with E-state index >= 15 is 0 Å². The van der Waals surface area contributed by atoms with E-state index in [-0.39, 0.29) is 17.8 Å². The lowest BCUT2D eigenvalue weighted by Crippen LogP contribution is -2.33. The van der Waals surface area contributed by atoms with Crippen molar-refractivity contribution in [1.82, 2.24) is 14.9 Å². The summed E-state index contributed by atoms with van der Waals surface area (Å²) >= 11 is 12.1. The highest BCUT2D eigenvalue weighted by Gasteiger charge is 2.31. The molecular weight excluding hydrogens is 335 g/mol. The normalized spacial score (nSPS) is 16.5. The van der Waals surface area contributed by atoms with Crippen molar-refractivity contribution in [2.24, 2.45) is 0 Å². The highest BCUT2D eigenvalue weighted by molar-refractivity contribution is 6.34. The Balaban J connectivity index is 2.16. The second-order valence-electron chi connectivity index (χ2n) is 5.32. The molecule has 0 saturated heterocycles. The number of fused-ring (bicyclic) bond motifs is 1. The number of alkyl halides is 1. The molecule has 1 atom stereocenters. The fraction of sp³-hybridized carbons (Fsp3) is 0.312. The van der Waals surface area contributed by atoms with Crippen molar-refractivity contribution in [2.45, 2.75) is 25.4 Å². The van der Waals surface area contributed by atoms with Crippen LogP contribution in [0.1, 0.15) is 30.1 Å². The number of nitriles is 1. The van der Waals surface area contributed by atoms with Crippen LogP contribution in [-0.2, 0) is 11.3 Å². The summed E-state index contributed by atoms with van der Waals surface area (Å²) in [5.41, 5.74) is 2.78. The van der Waals surface area contributed by atoms with Gasteiger partial charge in [0, 0.05) is 24.5 Å². The van der Waals surface area contributed by atoms with Gasteiger partial charge in [-0.1, -0.05) is 11.6 Å². The summed E-state index contributed by atoms with van der Waals surface area (Å²) in [6.45, 7) is 0.744. The van der Waals surface area contributed by atoms with Crippen molar-refractivity contribution < 1.29 is 4.79 Å². The molecule has 2 aromatic rings. The van der Waals surface area contributed by atoms with Gasteiger partial charge in [0.2, 0.25) is 5.91 Å². The number of carbonyl (C=O) groups is 1. The first-order valence-corrected chi connectivity index (χ1v) is 8.16. The zero-order valence-electron chi connectivity index (χ0n) is 12.2. The Bertz CT molecular complexity index is 780. The van der Waals surface area contributed by atoms with E-state index < -0.39 is 0 Å². The van der Waals surface area contributed by atoms with E-state index in [4.69, 9.17) is 23.2 Å². The molecule has 0 spiro atoms. The van der Waals surface area contributed by atoms with E-state index in [1.807, 2.05) is 16.7 Å². The van der Waals surface area contributed by atoms with Gasteiger partial charge in [0.15, 0.2) is 0 Å². The first kappa shape index (κ1) is 15.9. The summed E-state index contributed by atoms with van der Waals surface area (Å²) in [5.74, 6) is -0.364. The molecule has 1 aliphatic heterocycles. The number of aromatic nitrogens is 2. The molecule has 118 valence electrons. The van der Waals surface area contributed by atoms with E-state index in [1.54, 1.807) is 12.4 Å². The Kier molecular flexibility index (Phi) is 4.56. The van der Waals surface area contributed by atoms with Crippen LogP contribution in [0.3, 0.4) is 0 Å². The van der Waals surface area contributed by atoms with Crippen LogP contribution < -0.4 is 5.32 Å². The highest BCUT2D eigenvalue weighted by atomic mass is 35.5. The summed E-state index contributed by atoms with van der Waals surface area (Å²) < 4.78 is 2.01. The van der Waals surface area contributed by atoms with Crippen molar-refractivity contribution in [3.05, 3.63) is 40.8 Å². The van der Waals surface area contributed by atoms with Crippen LogP contribution in [-0.4, -0.2) is 21.3 Å². The van der Waals surface area contributed by atoms with E-state index in [2.05, 4.69) is 16.4 Å². The lowest BCUT2D eigenvalue weighted by molar-refractivity contribution is -0.119. The molecule has 0 aliphatic carbocycles. The highest BCUT2D eigenvalue weighted by Crippen LogP contribution is 2.41. The van der Waals surface area contributed by atoms with Crippen LogP contribution in [0.25, 0.3) is 11.3 Å². The quantitative estimate of drug-likeness (QED) is 0.865. The Labute approximate surface area is 143 Å². The molecule has 2 aromatic heterocycles. The molecule has 3 rings (SSSR count). The molecule has 0 aromatic carbocycles. The summed E-state index contributed by atoms with van der Waals surface area (Å²) in [5, 5.41) is 12.8. The van der Waals surface area contributed by atoms with E-state index in [0.29, 0.717) is 10.6 Å². The first-order chi connectivity index (χ1) is 11.2. The maximum absolute atomic E-state index is 11.7. The number of nitrogens with one attached hydrogen (secondary N) is 1. The summed E-state index contributed by atoms with van der Waals surface area (Å²) in [4.78, 5) is 15.8. The second-order valence-corrected chi connectivity index (χ2v) is 5.97. The number of hydrogen-bond donors (Lipinski definition) is 1. The van der Waals surface area contributed by atoms with Crippen molar-refractivity contribution in [2.75, 3.05) is 5.88 Å². The van der Waals surface area contributed by atoms with Gasteiger partial charge in [0.05, 0.1) is 28.0 Å². The first-order valence-electron chi connectivity index (χ1n) is 7.25. The summed E-state index contributed by atoms with van der Waals surface area (Å²) in [7, 11) is 0. The molecule has 0 fully saturated rings. The monoisotopic (exact) mass is 348 g/mol. The van der Waals surface area contributed by atoms with Crippen LogP contribution in [0.2, 0.25) is 5.02 Å². The lowest BCUT2D eigenvalue weighted by atomic mass is 10.0. The Morgan fingerprint density at radius 3 is 3.04 bits per heavy atom. The van der Waals surface area contributed by atoms with E-state index in [0.717, 1.165) is 36.3 Å². The fourth-order valence-corrected chi connectivity index (χ4v) is 3.48. The number of carbonyl (C=O) groups excluding carboxylic acids is 1. The lowest BCUT2D eigenvalue weighted by Gasteiger charge is -2.27. The SMILES string of the molecule is N#Cc1c(Cl)c(-c2cccnc2)n2c1C(NC(=O)CCl)CCC2. The third kappa shape index (κ3) is 2.80. The Morgan fingerprint density at radius 2 is 2.39 bits per heavy atom. The zero-order chi connectivity index (χ0) is 16.4. The van der Waals surface area contributed by atoms with Gasteiger partial charge < -0.3 is 9.88 Å². The van der Waals surface area contributed by atoms with E-state index in [1.165, 1.54) is 0 Å². The molecule has 5 nitrogen and oxygen atoms in total. The summed E-state index contributed by atoms with van der Waals surface area (Å²) in [6, 6.07) is 5.65. The van der Waals surface area contributed by atoms with Crippen LogP contribution in [0, 0.1) is 11.3 Å². The molecular formula is C16H14Cl2N4O. The van der Waals surface area contributed by atoms with Crippen molar-refractivity contribution in [3.63, 3.8) is 0 Å². The number of amides is 1. The topological polar surface area (TPSA) is 70.7 Å². The predicted octanol–water partition coefficient (Wildman–Crippen LogP) is 3.27. The van der Waals surface area contributed by atoms with Gasteiger partial charge in [-0.25, -0.2) is 0 Å². The molecule has 1 aliphatic rings. The largest absolute Gasteiger partial charge is 0.347 e. The minimum absolute atomic E-state index is 0.109. The number of pyridine rings is 1. The second kappa shape index (κ2) is 6.61. The molecule has 3 heterocycles. The molecule has 7 heteroatoms. The minimum atomic E-state index is -0.257. The average Bonchev–Trinajstić information content (AvgIpc) is 2.87. The van der Waals surface area contributed by atoms with Gasteiger partial charge in [-0.15, -0.1) is 11.6 Å². The standard InChI is InChI=1S/C16H14Cl2N4O/c17-7-13(23)21-12-4-2-6-22-15(10-3-1-5-20-9-10)14(18)11(8-19)16(12)22/h1,3,5,9,12H,2,4,6-7H2,(H,21,23). The number of nitrogens with zero attached hydrogens (tertiary/aromatic N) is 3. The Morgan fingerprint density at radius 1 is 1.57 bits per heavy atom. The van der Waals surface area contributed by atoms with Gasteiger partial charge >= 0.3 is 0 Å². The number of hydrogen-bond acceptors (Lipinski definition) is 3. The molecule has 0 radical (unpaired) electrons. The van der Waals surface area contributed by atoms with Gasteiger partial charge in [-0.2, -0.15) is 5.26 Å². The van der Waals surface area contributed by atoms with Crippen molar-refractivity contribution in [3.8, 4) is 17.3 Å². The van der Waals surface area contributed by atoms with Crippen LogP contribution in [0.5, 0.6) is 0 Å². The smallest absolute Gasteiger partial charge is 0.235 e. The molecule has 1 N–H and O–H groups in total. The minimum Gasteiger partial charge on any atom is -0.347 e. The molecule has 23 heavy (non-hydrogen) atoms. The molecule has 0 bridgehead atoms. The van der Waals surface area contributed by atoms with Crippen molar-refractivity contribution in [1.29, 1.82) is 5.26 Å². The van der Waals surface area contributed by atoms with Crippen LogP contribution in [0.15, 0.2) is 24.5 Å². The maximum atomic E-state index is 11.7. The fourth-order valence-electron chi connectivity index (χ4n) is 3.05. The van der Waals surface area contributed by atoms with Crippen LogP contribution >= 0.6 is 23.2 Å². The van der Waals surface area contributed by atoms with Gasteiger partial charge in [0.1, 0.15) is 11.9 Å².